The van der Waals surface area contributed by atoms with Gasteiger partial charge in [0.15, 0.2) is 5.96 Å². The molecule has 0 spiro atoms. The van der Waals surface area contributed by atoms with Crippen LogP contribution < -0.4 is 10.0 Å². The number of guanidine groups is 1. The summed E-state index contributed by atoms with van der Waals surface area (Å²) in [6.07, 6.45) is 0. The molecule has 154 valence electrons. The third-order valence-electron chi connectivity index (χ3n) is 4.37. The highest BCUT2D eigenvalue weighted by Crippen LogP contribution is 2.21. The molecule has 2 aromatic carbocycles. The maximum atomic E-state index is 13.3. The molecule has 3 N–H and O–H groups in total. The average molecular weight is 443 g/mol. The topological polar surface area (TPSA) is 102 Å². The monoisotopic (exact) mass is 442 g/mol. The number of benzene rings is 2. The summed E-state index contributed by atoms with van der Waals surface area (Å²) in [5.41, 5.74) is -0.758. The van der Waals surface area contributed by atoms with Gasteiger partial charge >= 0.3 is 0 Å². The van der Waals surface area contributed by atoms with Crippen LogP contribution in [0.1, 0.15) is 12.5 Å². The van der Waals surface area contributed by atoms with E-state index in [0.717, 1.165) is 4.90 Å². The van der Waals surface area contributed by atoms with Gasteiger partial charge in [-0.05, 0) is 36.8 Å². The van der Waals surface area contributed by atoms with Crippen LogP contribution in [0.5, 0.6) is 0 Å². The van der Waals surface area contributed by atoms with Gasteiger partial charge in [0.2, 0.25) is 10.0 Å². The highest BCUT2D eigenvalue weighted by Gasteiger charge is 2.46. The molecule has 1 heterocycles. The summed E-state index contributed by atoms with van der Waals surface area (Å²) in [4.78, 5) is 13.4. The van der Waals surface area contributed by atoms with Crippen LogP contribution in [0.4, 0.5) is 8.78 Å². The lowest BCUT2D eigenvalue weighted by atomic mass is 10.0. The van der Waals surface area contributed by atoms with Crippen molar-refractivity contribution in [1.29, 1.82) is 5.41 Å². The predicted octanol–water partition coefficient (Wildman–Crippen LogP) is 2.22. The van der Waals surface area contributed by atoms with Gasteiger partial charge in [0.1, 0.15) is 17.2 Å². The van der Waals surface area contributed by atoms with Gasteiger partial charge in [-0.25, -0.2) is 21.9 Å². The minimum absolute atomic E-state index is 0.0721. The first-order chi connectivity index (χ1) is 13.5. The lowest BCUT2D eigenvalue weighted by molar-refractivity contribution is -0.130. The molecular weight excluding hydrogens is 426 g/mol. The molecule has 0 aromatic heterocycles. The number of nitrogens with one attached hydrogen (secondary N) is 3. The summed E-state index contributed by atoms with van der Waals surface area (Å²) in [5, 5.41) is 11.2. The fourth-order valence-corrected chi connectivity index (χ4v) is 4.27. The van der Waals surface area contributed by atoms with E-state index < -0.39 is 44.5 Å². The normalized spacial score (nSPS) is 19.5. The van der Waals surface area contributed by atoms with E-state index in [2.05, 4.69) is 10.0 Å². The largest absolute Gasteiger partial charge is 0.341 e. The number of amides is 1. The van der Waals surface area contributed by atoms with Gasteiger partial charge < -0.3 is 5.32 Å². The van der Waals surface area contributed by atoms with E-state index in [9.17, 15) is 22.0 Å². The number of carbonyl (C=O) groups excluding carboxylic acids is 1. The smallest absolute Gasteiger partial charge is 0.256 e. The molecule has 7 nitrogen and oxygen atoms in total. The summed E-state index contributed by atoms with van der Waals surface area (Å²) in [7, 11) is -4.28. The Hall–Kier alpha value is -2.56. The van der Waals surface area contributed by atoms with Crippen LogP contribution in [0.15, 0.2) is 47.4 Å². The molecule has 3 rings (SSSR count). The van der Waals surface area contributed by atoms with Crippen LogP contribution in [-0.2, 0) is 21.4 Å². The fourth-order valence-electron chi connectivity index (χ4n) is 2.88. The van der Waals surface area contributed by atoms with Gasteiger partial charge in [-0.1, -0.05) is 23.7 Å². The zero-order valence-electron chi connectivity index (χ0n) is 15.2. The molecule has 0 bridgehead atoms. The lowest BCUT2D eigenvalue weighted by Crippen LogP contribution is -2.52. The van der Waals surface area contributed by atoms with E-state index >= 15 is 0 Å². The third-order valence-corrected chi connectivity index (χ3v) is 5.99. The quantitative estimate of drug-likeness (QED) is 0.638. The second-order valence-corrected chi connectivity index (χ2v) is 8.96. The van der Waals surface area contributed by atoms with Crippen LogP contribution >= 0.6 is 11.6 Å². The minimum Gasteiger partial charge on any atom is -0.341 e. The van der Waals surface area contributed by atoms with E-state index in [-0.39, 0.29) is 12.5 Å². The highest BCUT2D eigenvalue weighted by molar-refractivity contribution is 7.89. The zero-order chi connectivity index (χ0) is 21.4. The molecule has 11 heteroatoms. The molecule has 1 aliphatic heterocycles. The van der Waals surface area contributed by atoms with Crippen LogP contribution in [0.2, 0.25) is 5.02 Å². The van der Waals surface area contributed by atoms with Crippen molar-refractivity contribution < 1.29 is 22.0 Å². The summed E-state index contributed by atoms with van der Waals surface area (Å²) in [5.74, 6) is -2.81. The van der Waals surface area contributed by atoms with Crippen molar-refractivity contribution in [2.24, 2.45) is 0 Å². The second kappa shape index (κ2) is 7.69. The molecule has 0 radical (unpaired) electrons. The molecule has 1 unspecified atom stereocenters. The standard InChI is InChI=1S/C18H17ClF2N4O3S/c1-18(10-23-29(27,28)15-7-13(20)6-14(21)8-15)16(26)25(17(22)24-18)9-11-3-2-4-12(19)5-11/h2-8,23H,9-10H2,1H3,(H2,22,24). The Morgan fingerprint density at radius 2 is 1.86 bits per heavy atom. The molecular formula is C18H17ClF2N4O3S. The van der Waals surface area contributed by atoms with Gasteiger partial charge in [-0.15, -0.1) is 0 Å². The maximum Gasteiger partial charge on any atom is 0.256 e. The second-order valence-electron chi connectivity index (χ2n) is 6.76. The number of rotatable bonds is 6. The Labute approximate surface area is 171 Å². The predicted molar refractivity (Wildman–Crippen MR) is 103 cm³/mol. The van der Waals surface area contributed by atoms with Gasteiger partial charge in [0.05, 0.1) is 11.4 Å². The minimum atomic E-state index is -4.28. The van der Waals surface area contributed by atoms with E-state index in [0.29, 0.717) is 28.8 Å². The van der Waals surface area contributed by atoms with Crippen molar-refractivity contribution in [2.45, 2.75) is 23.9 Å². The molecule has 2 aromatic rings. The van der Waals surface area contributed by atoms with E-state index in [1.54, 1.807) is 24.3 Å². The number of nitrogens with zero attached hydrogens (tertiary/aromatic N) is 1. The Morgan fingerprint density at radius 1 is 1.21 bits per heavy atom. The summed E-state index contributed by atoms with van der Waals surface area (Å²) in [6.45, 7) is 1.07. The van der Waals surface area contributed by atoms with Crippen molar-refractivity contribution in [1.82, 2.24) is 14.9 Å². The van der Waals surface area contributed by atoms with Crippen LogP contribution in [0, 0.1) is 17.0 Å². The molecule has 1 atom stereocenters. The first kappa shape index (κ1) is 21.2. The van der Waals surface area contributed by atoms with Crippen molar-refractivity contribution in [3.63, 3.8) is 0 Å². The van der Waals surface area contributed by atoms with Crippen LogP contribution in [0.25, 0.3) is 0 Å². The Morgan fingerprint density at radius 3 is 2.48 bits per heavy atom. The summed E-state index contributed by atoms with van der Waals surface area (Å²) >= 11 is 5.94. The maximum absolute atomic E-state index is 13.3. The van der Waals surface area contributed by atoms with Crippen molar-refractivity contribution in [2.75, 3.05) is 6.54 Å². The van der Waals surface area contributed by atoms with Crippen molar-refractivity contribution >= 4 is 33.5 Å². The zero-order valence-corrected chi connectivity index (χ0v) is 16.7. The molecule has 0 saturated carbocycles. The van der Waals surface area contributed by atoms with Gasteiger partial charge in [-0.3, -0.25) is 15.1 Å². The molecule has 1 amide bonds. The van der Waals surface area contributed by atoms with E-state index in [4.69, 9.17) is 17.0 Å². The third kappa shape index (κ3) is 4.55. The Kier molecular flexibility index (Phi) is 5.61. The first-order valence-electron chi connectivity index (χ1n) is 8.39. The van der Waals surface area contributed by atoms with Crippen LogP contribution in [0.3, 0.4) is 0 Å². The van der Waals surface area contributed by atoms with Gasteiger partial charge in [0, 0.05) is 17.6 Å². The van der Waals surface area contributed by atoms with Gasteiger partial charge in [0.25, 0.3) is 5.91 Å². The lowest BCUT2D eigenvalue weighted by Gasteiger charge is -2.22. The van der Waals surface area contributed by atoms with E-state index in [1.165, 1.54) is 6.92 Å². The van der Waals surface area contributed by atoms with Crippen molar-refractivity contribution in [3.05, 3.63) is 64.7 Å². The van der Waals surface area contributed by atoms with Gasteiger partial charge in [-0.2, -0.15) is 0 Å². The fraction of sp³-hybridized carbons (Fsp3) is 0.222. The first-order valence-corrected chi connectivity index (χ1v) is 10.3. The number of hydrogen-bond donors (Lipinski definition) is 3. The summed E-state index contributed by atoms with van der Waals surface area (Å²) < 4.78 is 53.6. The SMILES string of the molecule is CC1(CNS(=O)(=O)c2cc(F)cc(F)c2)NC(=N)N(Cc2cccc(Cl)c2)C1=O. The molecule has 0 aliphatic carbocycles. The Bertz CT molecular complexity index is 1080. The average Bonchev–Trinajstić information content (AvgIpc) is 2.83. The summed E-state index contributed by atoms with van der Waals surface area (Å²) in [6, 6.07) is 8.67. The van der Waals surface area contributed by atoms with Crippen molar-refractivity contribution in [3.8, 4) is 0 Å². The molecule has 29 heavy (non-hydrogen) atoms. The molecule has 1 fully saturated rings. The number of halogens is 3. The number of hydrogen-bond acceptors (Lipinski definition) is 4. The molecule has 1 saturated heterocycles. The molecule has 1 aliphatic rings. The highest BCUT2D eigenvalue weighted by atomic mass is 35.5. The van der Waals surface area contributed by atoms with Crippen LogP contribution in [-0.4, -0.2) is 37.3 Å². The van der Waals surface area contributed by atoms with E-state index in [1.807, 2.05) is 0 Å². The Balaban J connectivity index is 1.75. The number of carbonyl (C=O) groups is 1. The number of sulfonamides is 1.